The molecule has 0 saturated carbocycles. The van der Waals surface area contributed by atoms with Crippen molar-refractivity contribution in [2.24, 2.45) is 0 Å². The molecule has 4 nitrogen and oxygen atoms in total. The third-order valence-corrected chi connectivity index (χ3v) is 3.35. The van der Waals surface area contributed by atoms with E-state index >= 15 is 0 Å². The van der Waals surface area contributed by atoms with Gasteiger partial charge in [-0.3, -0.25) is 9.61 Å². The Morgan fingerprint density at radius 1 is 1.31 bits per heavy atom. The molecule has 1 aromatic rings. The molecule has 0 spiro atoms. The van der Waals surface area contributed by atoms with Crippen molar-refractivity contribution < 1.29 is 14.0 Å². The molecule has 1 aromatic carbocycles. The zero-order chi connectivity index (χ0) is 12.3. The Kier molecular flexibility index (Phi) is 4.14. The third-order valence-electron chi connectivity index (χ3n) is 2.23. The highest BCUT2D eigenvalue weighted by Crippen LogP contribution is 2.43. The van der Waals surface area contributed by atoms with Crippen molar-refractivity contribution >= 4 is 13.4 Å². The van der Waals surface area contributed by atoms with E-state index in [0.717, 1.165) is 16.7 Å². The van der Waals surface area contributed by atoms with Crippen LogP contribution in [0.4, 0.5) is 5.69 Å². The van der Waals surface area contributed by atoms with Gasteiger partial charge in [0, 0.05) is 5.69 Å². The fourth-order valence-electron chi connectivity index (χ4n) is 1.70. The molecule has 5 heteroatoms. The molecule has 0 heterocycles. The predicted octanol–water partition coefficient (Wildman–Crippen LogP) is 3.16. The lowest BCUT2D eigenvalue weighted by atomic mass is 10.1. The van der Waals surface area contributed by atoms with Gasteiger partial charge in [0.2, 0.25) is 0 Å². The normalized spacial score (nSPS) is 14.6. The number of nitrogens with one attached hydrogen (secondary N) is 1. The Morgan fingerprint density at radius 2 is 1.81 bits per heavy atom. The summed E-state index contributed by atoms with van der Waals surface area (Å²) in [5.74, 6) is 0. The number of anilines is 1. The van der Waals surface area contributed by atoms with Crippen LogP contribution in [0.3, 0.4) is 0 Å². The summed E-state index contributed by atoms with van der Waals surface area (Å²) >= 11 is 0. The van der Waals surface area contributed by atoms with Gasteiger partial charge in [-0.25, -0.2) is 4.57 Å². The SMILES string of the molecule is CCOP(=O)(O)Nc1c(C)cc(C)cc1C. The summed E-state index contributed by atoms with van der Waals surface area (Å²) in [6, 6.07) is 3.92. The molecule has 0 radical (unpaired) electrons. The quantitative estimate of drug-likeness (QED) is 0.797. The van der Waals surface area contributed by atoms with Crippen molar-refractivity contribution in [2.75, 3.05) is 11.7 Å². The minimum atomic E-state index is -3.73. The predicted molar refractivity (Wildman–Crippen MR) is 65.7 cm³/mol. The van der Waals surface area contributed by atoms with Gasteiger partial charge in [-0.15, -0.1) is 0 Å². The average Bonchev–Trinajstić information content (AvgIpc) is 2.11. The largest absolute Gasteiger partial charge is 0.430 e. The highest BCUT2D eigenvalue weighted by Gasteiger charge is 2.20. The second-order valence-corrected chi connectivity index (χ2v) is 5.35. The first-order valence-electron chi connectivity index (χ1n) is 5.19. The van der Waals surface area contributed by atoms with Crippen LogP contribution in [0.25, 0.3) is 0 Å². The maximum absolute atomic E-state index is 11.6. The Labute approximate surface area is 96.2 Å². The van der Waals surface area contributed by atoms with Gasteiger partial charge in [0.15, 0.2) is 0 Å². The van der Waals surface area contributed by atoms with Crippen LogP contribution in [0.2, 0.25) is 0 Å². The molecule has 1 rings (SSSR count). The van der Waals surface area contributed by atoms with Crippen molar-refractivity contribution in [3.63, 3.8) is 0 Å². The van der Waals surface area contributed by atoms with E-state index in [0.29, 0.717) is 5.69 Å². The van der Waals surface area contributed by atoms with Crippen LogP contribution in [-0.4, -0.2) is 11.5 Å². The number of benzene rings is 1. The molecule has 0 saturated heterocycles. The minimum absolute atomic E-state index is 0.199. The van der Waals surface area contributed by atoms with E-state index in [1.165, 1.54) is 0 Å². The van der Waals surface area contributed by atoms with Gasteiger partial charge >= 0.3 is 7.75 Å². The van der Waals surface area contributed by atoms with Gasteiger partial charge in [-0.2, -0.15) is 0 Å². The second kappa shape index (κ2) is 5.00. The number of hydrogen-bond acceptors (Lipinski definition) is 2. The minimum Gasteiger partial charge on any atom is -0.308 e. The first kappa shape index (κ1) is 13.2. The zero-order valence-corrected chi connectivity index (χ0v) is 11.0. The van der Waals surface area contributed by atoms with E-state index < -0.39 is 7.75 Å². The molecule has 0 aromatic heterocycles. The Balaban J connectivity index is 3.02. The summed E-state index contributed by atoms with van der Waals surface area (Å²) in [6.45, 7) is 7.66. The van der Waals surface area contributed by atoms with Crippen molar-refractivity contribution in [2.45, 2.75) is 27.7 Å². The van der Waals surface area contributed by atoms with Gasteiger partial charge in [-0.05, 0) is 38.8 Å². The smallest absolute Gasteiger partial charge is 0.308 e. The molecular weight excluding hydrogens is 225 g/mol. The first-order valence-corrected chi connectivity index (χ1v) is 6.77. The van der Waals surface area contributed by atoms with Crippen molar-refractivity contribution in [1.82, 2.24) is 0 Å². The van der Waals surface area contributed by atoms with E-state index in [1.807, 2.05) is 32.9 Å². The molecule has 0 bridgehead atoms. The summed E-state index contributed by atoms with van der Waals surface area (Å²) in [4.78, 5) is 9.51. The van der Waals surface area contributed by atoms with Crippen LogP contribution in [-0.2, 0) is 9.09 Å². The molecule has 0 amide bonds. The van der Waals surface area contributed by atoms with E-state index in [-0.39, 0.29) is 6.61 Å². The summed E-state index contributed by atoms with van der Waals surface area (Å²) in [5, 5.41) is 2.57. The molecule has 0 fully saturated rings. The lowest BCUT2D eigenvalue weighted by molar-refractivity contribution is 0.279. The lowest BCUT2D eigenvalue weighted by Gasteiger charge is -2.17. The lowest BCUT2D eigenvalue weighted by Crippen LogP contribution is -2.03. The summed E-state index contributed by atoms with van der Waals surface area (Å²) in [7, 11) is -3.73. The Hall–Kier alpha value is -0.830. The van der Waals surface area contributed by atoms with E-state index in [2.05, 4.69) is 5.09 Å². The van der Waals surface area contributed by atoms with Crippen LogP contribution < -0.4 is 5.09 Å². The van der Waals surface area contributed by atoms with E-state index in [9.17, 15) is 9.46 Å². The molecule has 16 heavy (non-hydrogen) atoms. The highest BCUT2D eigenvalue weighted by atomic mass is 31.2. The molecule has 0 aliphatic carbocycles. The number of hydrogen-bond donors (Lipinski definition) is 2. The van der Waals surface area contributed by atoms with Crippen molar-refractivity contribution in [3.8, 4) is 0 Å². The van der Waals surface area contributed by atoms with Gasteiger partial charge in [0.25, 0.3) is 0 Å². The summed E-state index contributed by atoms with van der Waals surface area (Å²) in [6.07, 6.45) is 0. The van der Waals surface area contributed by atoms with Crippen LogP contribution in [0.15, 0.2) is 12.1 Å². The van der Waals surface area contributed by atoms with Crippen LogP contribution >= 0.6 is 7.75 Å². The van der Waals surface area contributed by atoms with E-state index in [4.69, 9.17) is 4.52 Å². The standard InChI is InChI=1S/C11H18NO3P/c1-5-15-16(13,14)12-11-9(3)6-8(2)7-10(11)4/h6-7H,5H2,1-4H3,(H2,12,13,14). The highest BCUT2D eigenvalue weighted by molar-refractivity contribution is 7.54. The van der Waals surface area contributed by atoms with Gasteiger partial charge in [-0.1, -0.05) is 17.7 Å². The fourth-order valence-corrected chi connectivity index (χ4v) is 2.75. The molecule has 2 N–H and O–H groups in total. The van der Waals surface area contributed by atoms with Crippen molar-refractivity contribution in [1.29, 1.82) is 0 Å². The molecule has 90 valence electrons. The van der Waals surface area contributed by atoms with Gasteiger partial charge in [0.1, 0.15) is 0 Å². The number of aryl methyl sites for hydroxylation is 3. The summed E-state index contributed by atoms with van der Waals surface area (Å²) < 4.78 is 16.4. The molecule has 1 unspecified atom stereocenters. The maximum atomic E-state index is 11.6. The van der Waals surface area contributed by atoms with Crippen LogP contribution in [0, 0.1) is 20.8 Å². The Bertz CT molecular complexity index is 408. The average molecular weight is 243 g/mol. The zero-order valence-electron chi connectivity index (χ0n) is 10.1. The monoisotopic (exact) mass is 243 g/mol. The van der Waals surface area contributed by atoms with Crippen LogP contribution in [0.5, 0.6) is 0 Å². The second-order valence-electron chi connectivity index (χ2n) is 3.82. The van der Waals surface area contributed by atoms with Crippen LogP contribution in [0.1, 0.15) is 23.6 Å². The van der Waals surface area contributed by atoms with Gasteiger partial charge in [0.05, 0.1) is 6.61 Å². The molecule has 0 aliphatic heterocycles. The van der Waals surface area contributed by atoms with E-state index in [1.54, 1.807) is 6.92 Å². The number of rotatable bonds is 4. The summed E-state index contributed by atoms with van der Waals surface area (Å²) in [5.41, 5.74) is 3.67. The molecule has 0 aliphatic rings. The topological polar surface area (TPSA) is 58.6 Å². The molecule has 1 atom stereocenters. The fraction of sp³-hybridized carbons (Fsp3) is 0.455. The maximum Gasteiger partial charge on any atom is 0.430 e. The van der Waals surface area contributed by atoms with Gasteiger partial charge < -0.3 is 4.89 Å². The Morgan fingerprint density at radius 3 is 2.25 bits per heavy atom. The first-order chi connectivity index (χ1) is 7.35. The molecular formula is C11H18NO3P. The third kappa shape index (κ3) is 3.34. The van der Waals surface area contributed by atoms with Crippen molar-refractivity contribution in [3.05, 3.63) is 28.8 Å².